The van der Waals surface area contributed by atoms with Gasteiger partial charge in [-0.05, 0) is 31.7 Å². The van der Waals surface area contributed by atoms with Gasteiger partial charge in [0.25, 0.3) is 0 Å². The van der Waals surface area contributed by atoms with Gasteiger partial charge in [0.1, 0.15) is 0 Å². The van der Waals surface area contributed by atoms with Crippen molar-refractivity contribution < 1.29 is 5.11 Å². The monoisotopic (exact) mass is 285 g/mol. The van der Waals surface area contributed by atoms with Crippen LogP contribution in [0.15, 0.2) is 30.5 Å². The van der Waals surface area contributed by atoms with Crippen LogP contribution in [0.4, 0.5) is 5.69 Å². The van der Waals surface area contributed by atoms with Crippen molar-refractivity contribution in [3.8, 4) is 0 Å². The second-order valence-corrected chi connectivity index (χ2v) is 5.71. The lowest BCUT2D eigenvalue weighted by atomic mass is 9.90. The highest BCUT2D eigenvalue weighted by molar-refractivity contribution is 5.93. The quantitative estimate of drug-likeness (QED) is 0.855. The standard InChI is InChI=1S/C17H23N3O/c18-11-13-12-19-16-8-2-1-7-15(16)17(13)20(9-4-10-21)14-5-3-6-14/h1-2,7-8,12,14,21H,3-6,9-11,18H2. The highest BCUT2D eigenvalue weighted by atomic mass is 16.3. The second-order valence-electron chi connectivity index (χ2n) is 5.71. The number of benzene rings is 1. The van der Waals surface area contributed by atoms with Crippen molar-refractivity contribution in [2.75, 3.05) is 18.1 Å². The van der Waals surface area contributed by atoms with E-state index in [1.54, 1.807) is 0 Å². The summed E-state index contributed by atoms with van der Waals surface area (Å²) >= 11 is 0. The molecule has 1 aromatic heterocycles. The fourth-order valence-corrected chi connectivity index (χ4v) is 3.07. The molecule has 0 atom stereocenters. The van der Waals surface area contributed by atoms with Crippen molar-refractivity contribution in [1.29, 1.82) is 0 Å². The van der Waals surface area contributed by atoms with E-state index in [2.05, 4.69) is 22.0 Å². The summed E-state index contributed by atoms with van der Waals surface area (Å²) < 4.78 is 0. The highest BCUT2D eigenvalue weighted by Crippen LogP contribution is 2.36. The number of aliphatic hydroxyl groups is 1. The van der Waals surface area contributed by atoms with Crippen LogP contribution in [0.25, 0.3) is 10.9 Å². The molecule has 0 unspecified atom stereocenters. The summed E-state index contributed by atoms with van der Waals surface area (Å²) in [6.07, 6.45) is 6.44. The number of aliphatic hydroxyl groups excluding tert-OH is 1. The zero-order chi connectivity index (χ0) is 14.7. The van der Waals surface area contributed by atoms with Crippen LogP contribution >= 0.6 is 0 Å². The highest BCUT2D eigenvalue weighted by Gasteiger charge is 2.27. The maximum absolute atomic E-state index is 9.21. The van der Waals surface area contributed by atoms with Gasteiger partial charge in [0.2, 0.25) is 0 Å². The molecule has 3 rings (SSSR count). The maximum atomic E-state index is 9.21. The lowest BCUT2D eigenvalue weighted by molar-refractivity contribution is 0.283. The zero-order valence-electron chi connectivity index (χ0n) is 12.3. The first kappa shape index (κ1) is 14.3. The molecule has 0 aliphatic heterocycles. The third kappa shape index (κ3) is 2.74. The molecule has 0 amide bonds. The van der Waals surface area contributed by atoms with Crippen LogP contribution in [0, 0.1) is 0 Å². The van der Waals surface area contributed by atoms with E-state index in [-0.39, 0.29) is 6.61 Å². The van der Waals surface area contributed by atoms with Gasteiger partial charge >= 0.3 is 0 Å². The summed E-state index contributed by atoms with van der Waals surface area (Å²) in [4.78, 5) is 6.97. The molecule has 0 saturated heterocycles. The van der Waals surface area contributed by atoms with Crippen molar-refractivity contribution in [3.63, 3.8) is 0 Å². The van der Waals surface area contributed by atoms with Gasteiger partial charge in [0, 0.05) is 42.9 Å². The normalized spacial score (nSPS) is 15.1. The molecule has 1 heterocycles. The summed E-state index contributed by atoms with van der Waals surface area (Å²) in [6, 6.07) is 8.82. The minimum Gasteiger partial charge on any atom is -0.396 e. The number of anilines is 1. The lowest BCUT2D eigenvalue weighted by Gasteiger charge is -2.40. The zero-order valence-corrected chi connectivity index (χ0v) is 12.3. The van der Waals surface area contributed by atoms with E-state index in [1.165, 1.54) is 30.3 Å². The molecular formula is C17H23N3O. The van der Waals surface area contributed by atoms with Crippen molar-refractivity contribution >= 4 is 16.6 Å². The Morgan fingerprint density at radius 2 is 2.10 bits per heavy atom. The van der Waals surface area contributed by atoms with Gasteiger partial charge in [-0.25, -0.2) is 0 Å². The van der Waals surface area contributed by atoms with Crippen LogP contribution in [-0.2, 0) is 6.54 Å². The molecule has 4 heteroatoms. The van der Waals surface area contributed by atoms with Crippen LogP contribution in [-0.4, -0.2) is 29.3 Å². The third-order valence-electron chi connectivity index (χ3n) is 4.40. The maximum Gasteiger partial charge on any atom is 0.0723 e. The molecule has 1 aromatic carbocycles. The minimum absolute atomic E-state index is 0.226. The largest absolute Gasteiger partial charge is 0.396 e. The SMILES string of the molecule is NCc1cnc2ccccc2c1N(CCCO)C1CCC1. The fourth-order valence-electron chi connectivity index (χ4n) is 3.07. The Kier molecular flexibility index (Phi) is 4.36. The van der Waals surface area contributed by atoms with E-state index in [0.29, 0.717) is 12.6 Å². The predicted octanol–water partition coefficient (Wildman–Crippen LogP) is 2.43. The molecule has 1 fully saturated rings. The van der Waals surface area contributed by atoms with Gasteiger partial charge in [-0.15, -0.1) is 0 Å². The molecule has 3 N–H and O–H groups in total. The molecule has 21 heavy (non-hydrogen) atoms. The Hall–Kier alpha value is -1.65. The molecule has 0 spiro atoms. The summed E-state index contributed by atoms with van der Waals surface area (Å²) in [5, 5.41) is 10.4. The molecule has 4 nitrogen and oxygen atoms in total. The predicted molar refractivity (Wildman–Crippen MR) is 86.3 cm³/mol. The van der Waals surface area contributed by atoms with Gasteiger partial charge < -0.3 is 15.7 Å². The number of rotatable bonds is 6. The summed E-state index contributed by atoms with van der Waals surface area (Å²) in [5.41, 5.74) is 9.28. The number of hydrogen-bond acceptors (Lipinski definition) is 4. The summed E-state index contributed by atoms with van der Waals surface area (Å²) in [7, 11) is 0. The number of hydrogen-bond donors (Lipinski definition) is 2. The number of aromatic nitrogens is 1. The van der Waals surface area contributed by atoms with Crippen LogP contribution in [0.3, 0.4) is 0 Å². The summed E-state index contributed by atoms with van der Waals surface area (Å²) in [5.74, 6) is 0. The van der Waals surface area contributed by atoms with Gasteiger partial charge in [-0.3, -0.25) is 4.98 Å². The third-order valence-corrected chi connectivity index (χ3v) is 4.40. The topological polar surface area (TPSA) is 62.4 Å². The van der Waals surface area contributed by atoms with Crippen molar-refractivity contribution in [2.45, 2.75) is 38.3 Å². The number of pyridine rings is 1. The molecule has 0 bridgehead atoms. The van der Waals surface area contributed by atoms with Crippen LogP contribution in [0.1, 0.15) is 31.2 Å². The van der Waals surface area contributed by atoms with Crippen LogP contribution in [0.5, 0.6) is 0 Å². The van der Waals surface area contributed by atoms with E-state index < -0.39 is 0 Å². The minimum atomic E-state index is 0.226. The summed E-state index contributed by atoms with van der Waals surface area (Å²) in [6.45, 7) is 1.60. The average molecular weight is 285 g/mol. The molecule has 2 aromatic rings. The van der Waals surface area contributed by atoms with E-state index in [0.717, 1.165) is 24.0 Å². The smallest absolute Gasteiger partial charge is 0.0723 e. The van der Waals surface area contributed by atoms with Gasteiger partial charge in [-0.1, -0.05) is 18.2 Å². The van der Waals surface area contributed by atoms with Crippen LogP contribution < -0.4 is 10.6 Å². The Morgan fingerprint density at radius 1 is 1.29 bits per heavy atom. The first-order valence-electron chi connectivity index (χ1n) is 7.79. The van der Waals surface area contributed by atoms with Gasteiger partial charge in [-0.2, -0.15) is 0 Å². The van der Waals surface area contributed by atoms with Gasteiger partial charge in [0.05, 0.1) is 11.2 Å². The molecule has 1 aliphatic rings. The van der Waals surface area contributed by atoms with E-state index in [4.69, 9.17) is 5.73 Å². The Labute approximate surface area is 125 Å². The van der Waals surface area contributed by atoms with Crippen LogP contribution in [0.2, 0.25) is 0 Å². The fraction of sp³-hybridized carbons (Fsp3) is 0.471. The molecule has 0 radical (unpaired) electrons. The lowest BCUT2D eigenvalue weighted by Crippen LogP contribution is -2.42. The van der Waals surface area contributed by atoms with Crippen molar-refractivity contribution in [2.24, 2.45) is 5.73 Å². The first-order valence-corrected chi connectivity index (χ1v) is 7.79. The van der Waals surface area contributed by atoms with Gasteiger partial charge in [0.15, 0.2) is 0 Å². The Morgan fingerprint density at radius 3 is 2.76 bits per heavy atom. The second kappa shape index (κ2) is 6.41. The number of nitrogens with two attached hydrogens (primary N) is 1. The molecule has 1 saturated carbocycles. The van der Waals surface area contributed by atoms with E-state index in [9.17, 15) is 5.11 Å². The molecule has 1 aliphatic carbocycles. The number of nitrogens with zero attached hydrogens (tertiary/aromatic N) is 2. The van der Waals surface area contributed by atoms with Crippen molar-refractivity contribution in [3.05, 3.63) is 36.0 Å². The van der Waals surface area contributed by atoms with E-state index >= 15 is 0 Å². The molecule has 112 valence electrons. The number of para-hydroxylation sites is 1. The van der Waals surface area contributed by atoms with E-state index in [1.807, 2.05) is 18.3 Å². The first-order chi connectivity index (χ1) is 10.3. The Balaban J connectivity index is 2.09. The number of fused-ring (bicyclic) bond motifs is 1. The molecular weight excluding hydrogens is 262 g/mol. The van der Waals surface area contributed by atoms with Crippen molar-refractivity contribution in [1.82, 2.24) is 4.98 Å². The Bertz CT molecular complexity index is 610. The average Bonchev–Trinajstić information content (AvgIpc) is 2.48.